The Hall–Kier alpha value is -1.43. The van der Waals surface area contributed by atoms with Crippen molar-refractivity contribution >= 4 is 60.6 Å². The largest absolute Gasteiger partial charge is 0.862 e. The topological polar surface area (TPSA) is 287 Å². The lowest BCUT2D eigenvalue weighted by molar-refractivity contribution is -0.267. The van der Waals surface area contributed by atoms with Crippen LogP contribution in [0.2, 0.25) is 0 Å². The molecule has 2 rings (SSSR count). The quantitative estimate of drug-likeness (QED) is 0.0125. The van der Waals surface area contributed by atoms with Gasteiger partial charge in [0, 0.05) is 24.0 Å². The van der Waals surface area contributed by atoms with E-state index in [1.807, 2.05) is 0 Å². The Bertz CT molecular complexity index is 1280. The van der Waals surface area contributed by atoms with Crippen molar-refractivity contribution in [1.29, 1.82) is 0 Å². The molecule has 0 aromatic heterocycles. The Balaban J connectivity index is 1.32. The van der Waals surface area contributed by atoms with Gasteiger partial charge in [-0.1, -0.05) is 6.42 Å². The van der Waals surface area contributed by atoms with Gasteiger partial charge in [-0.25, -0.2) is 0 Å². The van der Waals surface area contributed by atoms with Crippen LogP contribution in [-0.2, 0) is 57.0 Å². The standard InChI is InChI=1S/C41H76N4O17S3/c42-37-39(51)38(50)32(30-46)62-41(37)61-25-24-59-22-23-60-26-28-65-33-29-36(49)45(40(33)52)9-5-35(48)44-8-11-54-13-15-56-17-19-58-21-20-57-18-16-55-14-12-53-10-7-43-34(47)4-2-1-3-31(64)6-27-63/h31-33,37-39,41,46,50-51,63-64H,1-30,42H2,(H,43,47)(H,44,48)/p-2/t31?,32-,33?,37-,38+,39-,41+/m1/s1. The first-order valence-electron chi connectivity index (χ1n) is 22.4. The van der Waals surface area contributed by atoms with E-state index < -0.39 is 48.4 Å². The van der Waals surface area contributed by atoms with Gasteiger partial charge in [-0.15, -0.1) is 11.8 Å². The Kier molecular flexibility index (Phi) is 36.2. The van der Waals surface area contributed by atoms with Crippen molar-refractivity contribution in [3.63, 3.8) is 0 Å². The van der Waals surface area contributed by atoms with Crippen molar-refractivity contribution < 1.29 is 82.5 Å². The zero-order valence-electron chi connectivity index (χ0n) is 37.5. The molecule has 2 aliphatic rings. The molecule has 5 N–H and O–H groups in total. The minimum absolute atomic E-state index is 0.0220. The maximum Gasteiger partial charge on any atom is 0.242 e. The summed E-state index contributed by atoms with van der Waals surface area (Å²) in [6.07, 6.45) is -0.393. The van der Waals surface area contributed by atoms with Gasteiger partial charge in [-0.2, -0.15) is 25.3 Å². The highest BCUT2D eigenvalue weighted by Gasteiger charge is 2.43. The molecule has 2 fully saturated rings. The van der Waals surface area contributed by atoms with E-state index in [0.29, 0.717) is 110 Å². The van der Waals surface area contributed by atoms with Crippen LogP contribution in [0.4, 0.5) is 0 Å². The molecule has 2 heterocycles. The highest BCUT2D eigenvalue weighted by atomic mass is 32.2. The van der Waals surface area contributed by atoms with Crippen LogP contribution >= 0.6 is 37.0 Å². The molecule has 2 saturated heterocycles. The number of unbranched alkanes of at least 4 members (excludes halogenated alkanes) is 1. The number of carbonyl (C=O) groups is 2. The van der Waals surface area contributed by atoms with Crippen molar-refractivity contribution in [2.75, 3.05) is 150 Å². The van der Waals surface area contributed by atoms with E-state index in [0.717, 1.165) is 36.3 Å². The van der Waals surface area contributed by atoms with Gasteiger partial charge in [0.25, 0.3) is 0 Å². The number of aliphatic hydroxyl groups excluding tert-OH is 3. The molecule has 0 saturated carbocycles. The highest BCUT2D eigenvalue weighted by molar-refractivity contribution is 8.00. The summed E-state index contributed by atoms with van der Waals surface area (Å²) in [7, 11) is 0. The van der Waals surface area contributed by atoms with E-state index in [-0.39, 0.29) is 70.1 Å². The van der Waals surface area contributed by atoms with Crippen LogP contribution in [0.5, 0.6) is 0 Å². The summed E-state index contributed by atoms with van der Waals surface area (Å²) in [6, 6.07) is -0.981. The number of aliphatic hydroxyl groups is 3. The summed E-state index contributed by atoms with van der Waals surface area (Å²) in [5.41, 5.74) is 5.83. The average molecular weight is 991 g/mol. The number of thiol groups is 2. The van der Waals surface area contributed by atoms with Gasteiger partial charge in [0.05, 0.1) is 143 Å². The molecule has 7 atom stereocenters. The summed E-state index contributed by atoms with van der Waals surface area (Å²) >= 11 is 10.0. The second kappa shape index (κ2) is 39.4. The van der Waals surface area contributed by atoms with Crippen LogP contribution in [0, 0.1) is 0 Å². The molecule has 2 amide bonds. The maximum atomic E-state index is 12.8. The molecular weight excluding hydrogens is 917 g/mol. The molecule has 65 heavy (non-hydrogen) atoms. The van der Waals surface area contributed by atoms with Gasteiger partial charge in [0.15, 0.2) is 6.29 Å². The molecule has 0 aromatic rings. The van der Waals surface area contributed by atoms with Crippen molar-refractivity contribution in [3.8, 4) is 0 Å². The smallest absolute Gasteiger partial charge is 0.242 e. The molecular formula is C41H74N4O17S3-2. The third-order valence-electron chi connectivity index (χ3n) is 9.66. The molecule has 0 radical (unpaired) electrons. The summed E-state index contributed by atoms with van der Waals surface area (Å²) in [4.78, 5) is 34.3. The fraction of sp³-hybridized carbons (Fsp3) is 0.902. The number of likely N-dealkylation sites (tertiary alicyclic amines) is 1. The molecule has 2 aliphatic heterocycles. The molecule has 21 nitrogen and oxygen atoms in total. The van der Waals surface area contributed by atoms with Crippen molar-refractivity contribution in [2.24, 2.45) is 15.7 Å². The fourth-order valence-corrected chi connectivity index (χ4v) is 7.91. The number of rotatable bonds is 43. The second-order valence-corrected chi connectivity index (χ2v) is 17.2. The number of ether oxygens (including phenoxy) is 10. The molecule has 24 heteroatoms. The van der Waals surface area contributed by atoms with Crippen LogP contribution in [-0.4, -0.2) is 235 Å². The predicted molar refractivity (Wildman–Crippen MR) is 245 cm³/mol. The lowest BCUT2D eigenvalue weighted by atomic mass is 9.98. The van der Waals surface area contributed by atoms with E-state index in [1.54, 1.807) is 0 Å². The second-order valence-electron chi connectivity index (χ2n) is 14.7. The number of thioether (sulfide) groups is 1. The number of nitrogens with two attached hydrogens (primary N) is 1. The van der Waals surface area contributed by atoms with E-state index in [4.69, 9.17) is 53.1 Å². The molecule has 0 aromatic carbocycles. The van der Waals surface area contributed by atoms with Gasteiger partial charge in [0.1, 0.15) is 18.3 Å². The van der Waals surface area contributed by atoms with Gasteiger partial charge >= 0.3 is 0 Å². The molecule has 2 unspecified atom stereocenters. The van der Waals surface area contributed by atoms with Crippen LogP contribution in [0.25, 0.3) is 0 Å². The third-order valence-corrected chi connectivity index (χ3v) is 11.6. The molecule has 0 aliphatic carbocycles. The maximum absolute atomic E-state index is 12.8. The van der Waals surface area contributed by atoms with Crippen LogP contribution in [0.1, 0.15) is 44.9 Å². The number of aliphatic imine (C=N–C) groups is 2. The van der Waals surface area contributed by atoms with Crippen LogP contribution in [0.3, 0.4) is 0 Å². The summed E-state index contributed by atoms with van der Waals surface area (Å²) in [5, 5.41) is 52.9. The van der Waals surface area contributed by atoms with E-state index in [2.05, 4.69) is 35.2 Å². The number of hydrogen-bond donors (Lipinski definition) is 6. The minimum Gasteiger partial charge on any atom is -0.862 e. The van der Waals surface area contributed by atoms with Gasteiger partial charge < -0.3 is 88.6 Å². The third kappa shape index (κ3) is 28.6. The van der Waals surface area contributed by atoms with E-state index in [1.165, 1.54) is 11.8 Å². The van der Waals surface area contributed by atoms with E-state index in [9.17, 15) is 35.1 Å². The minimum atomic E-state index is -1.31. The summed E-state index contributed by atoms with van der Waals surface area (Å²) in [6.45, 7) is 5.85. The Morgan fingerprint density at radius 1 is 0.738 bits per heavy atom. The highest BCUT2D eigenvalue weighted by Crippen LogP contribution is 2.25. The number of imide groups is 1. The number of amides is 2. The molecule has 380 valence electrons. The molecule has 0 spiro atoms. The number of nitrogens with zero attached hydrogens (tertiary/aromatic N) is 3. The fourth-order valence-electron chi connectivity index (χ4n) is 6.05. The first kappa shape index (κ1) is 59.7. The lowest BCUT2D eigenvalue weighted by Crippen LogP contribution is -2.62. The van der Waals surface area contributed by atoms with Crippen molar-refractivity contribution in [3.05, 3.63) is 0 Å². The Labute approximate surface area is 398 Å². The van der Waals surface area contributed by atoms with Crippen LogP contribution in [0.15, 0.2) is 9.98 Å². The lowest BCUT2D eigenvalue weighted by Gasteiger charge is -2.40. The molecule has 0 bridgehead atoms. The first-order valence-corrected chi connectivity index (χ1v) is 24.6. The first-order chi connectivity index (χ1) is 31.6. The average Bonchev–Trinajstić information content (AvgIpc) is 3.56. The number of hydrogen-bond acceptors (Lipinski definition) is 23. The Morgan fingerprint density at radius 2 is 1.23 bits per heavy atom. The number of carbonyl (C=O) groups excluding carboxylic acids is 2. The SMILES string of the molecule is N[C@H]1[C@@H](OCCOCCOCCSC2CC(=O)N(CCC([O-])=NCCOCCOCCOCCOCCOCCOCCN=C([O-])CCCCC(S)CCS)C2=O)O[C@H](CO)[C@H](O)[C@@H]1O. The zero-order chi connectivity index (χ0) is 47.3. The van der Waals surface area contributed by atoms with Gasteiger partial charge in [-0.3, -0.25) is 14.5 Å². The van der Waals surface area contributed by atoms with Gasteiger partial charge in [0.2, 0.25) is 11.8 Å². The van der Waals surface area contributed by atoms with Gasteiger partial charge in [-0.05, 0) is 49.7 Å². The van der Waals surface area contributed by atoms with Crippen LogP contribution < -0.4 is 15.9 Å². The summed E-state index contributed by atoms with van der Waals surface area (Å²) < 4.78 is 54.6. The Morgan fingerprint density at radius 3 is 1.75 bits per heavy atom. The summed E-state index contributed by atoms with van der Waals surface area (Å²) in [5.74, 6) is 0.160. The van der Waals surface area contributed by atoms with E-state index >= 15 is 0 Å². The van der Waals surface area contributed by atoms with Crippen molar-refractivity contribution in [1.82, 2.24) is 4.90 Å². The predicted octanol–water partition coefficient (Wildman–Crippen LogP) is -2.15. The normalized spacial score (nSPS) is 22.4. The van der Waals surface area contributed by atoms with Crippen molar-refractivity contribution in [2.45, 2.75) is 86.1 Å². The zero-order valence-corrected chi connectivity index (χ0v) is 40.1. The monoisotopic (exact) mass is 990 g/mol.